The fourth-order valence-corrected chi connectivity index (χ4v) is 1.11. The number of carbonyl (C=O) groups is 1. The van der Waals surface area contributed by atoms with Crippen LogP contribution in [-0.4, -0.2) is 20.6 Å². The average Bonchev–Trinajstić information content (AvgIpc) is 2.43. The summed E-state index contributed by atoms with van der Waals surface area (Å²) in [6.45, 7) is 2.44. The van der Waals surface area contributed by atoms with Crippen LogP contribution in [0.4, 0.5) is 0 Å². The molecule has 0 aliphatic rings. The number of aromatic nitrogens is 2. The molecule has 13 heavy (non-hydrogen) atoms. The Kier molecular flexibility index (Phi) is 2.89. The number of aromatic amines is 1. The number of imidazole rings is 1. The van der Waals surface area contributed by atoms with Crippen molar-refractivity contribution in [1.29, 1.82) is 0 Å². The van der Waals surface area contributed by atoms with Gasteiger partial charge in [0.2, 0.25) is 0 Å². The van der Waals surface area contributed by atoms with Crippen molar-refractivity contribution in [2.75, 3.05) is 0 Å². The second-order valence-corrected chi connectivity index (χ2v) is 2.79. The van der Waals surface area contributed by atoms with Crippen molar-refractivity contribution >= 4 is 5.97 Å². The number of rotatable bonds is 4. The van der Waals surface area contributed by atoms with Gasteiger partial charge in [-0.1, -0.05) is 13.3 Å². The normalized spacial score (nSPS) is 10.2. The third-order valence-electron chi connectivity index (χ3n) is 1.82. The molecule has 0 spiro atoms. The molecule has 0 saturated heterocycles. The summed E-state index contributed by atoms with van der Waals surface area (Å²) >= 11 is 0. The van der Waals surface area contributed by atoms with Gasteiger partial charge >= 0.3 is 11.7 Å². The van der Waals surface area contributed by atoms with E-state index in [1.165, 1.54) is 10.8 Å². The van der Waals surface area contributed by atoms with Gasteiger partial charge < -0.3 is 10.1 Å². The van der Waals surface area contributed by atoms with Gasteiger partial charge in [0.25, 0.3) is 0 Å². The molecule has 0 aromatic carbocycles. The number of hydrogen-bond acceptors (Lipinski definition) is 2. The second kappa shape index (κ2) is 3.93. The predicted molar refractivity (Wildman–Crippen MR) is 46.9 cm³/mol. The first-order chi connectivity index (χ1) is 6.16. The molecule has 1 heterocycles. The molecular formula is C8H12N2O3. The maximum atomic E-state index is 11.1. The van der Waals surface area contributed by atoms with Crippen molar-refractivity contribution in [3.63, 3.8) is 0 Å². The molecule has 0 saturated carbocycles. The van der Waals surface area contributed by atoms with Crippen molar-refractivity contribution in [1.82, 2.24) is 9.55 Å². The molecule has 0 atom stereocenters. The highest BCUT2D eigenvalue weighted by molar-refractivity contribution is 5.85. The number of carboxylic acid groups (broad SMARTS) is 1. The monoisotopic (exact) mass is 184 g/mol. The average molecular weight is 184 g/mol. The first-order valence-corrected chi connectivity index (χ1v) is 4.18. The molecule has 0 fully saturated rings. The Bertz CT molecular complexity index is 351. The highest BCUT2D eigenvalue weighted by Gasteiger charge is 2.11. The topological polar surface area (TPSA) is 75.1 Å². The van der Waals surface area contributed by atoms with E-state index in [9.17, 15) is 9.59 Å². The lowest BCUT2D eigenvalue weighted by Gasteiger charge is -2.01. The Balaban J connectivity index is 2.95. The molecule has 0 radical (unpaired) electrons. The fraction of sp³-hybridized carbons (Fsp3) is 0.500. The zero-order valence-electron chi connectivity index (χ0n) is 7.41. The molecule has 5 heteroatoms. The molecule has 72 valence electrons. The third kappa shape index (κ3) is 1.99. The van der Waals surface area contributed by atoms with E-state index in [4.69, 9.17) is 5.11 Å². The Morgan fingerprint density at radius 2 is 2.38 bits per heavy atom. The van der Waals surface area contributed by atoms with Crippen molar-refractivity contribution in [3.05, 3.63) is 22.4 Å². The lowest BCUT2D eigenvalue weighted by atomic mass is 10.3. The molecule has 0 amide bonds. The largest absolute Gasteiger partial charge is 0.477 e. The molecule has 5 nitrogen and oxygen atoms in total. The van der Waals surface area contributed by atoms with Gasteiger partial charge in [-0.3, -0.25) is 4.57 Å². The van der Waals surface area contributed by atoms with E-state index in [2.05, 4.69) is 4.98 Å². The number of carboxylic acids is 1. The Labute approximate surface area is 75.0 Å². The van der Waals surface area contributed by atoms with E-state index >= 15 is 0 Å². The first-order valence-electron chi connectivity index (χ1n) is 4.18. The summed E-state index contributed by atoms with van der Waals surface area (Å²) in [4.78, 5) is 24.1. The standard InChI is InChI=1S/C8H12N2O3/c1-2-3-4-10-6(7(11)12)5-9-8(10)13/h5H,2-4H2,1H3,(H,9,13)(H,11,12). The molecule has 2 N–H and O–H groups in total. The summed E-state index contributed by atoms with van der Waals surface area (Å²) in [5.74, 6) is -1.07. The number of aromatic carboxylic acids is 1. The number of H-pyrrole nitrogens is 1. The lowest BCUT2D eigenvalue weighted by molar-refractivity contribution is 0.0684. The van der Waals surface area contributed by atoms with Crippen molar-refractivity contribution < 1.29 is 9.90 Å². The number of hydrogen-bond donors (Lipinski definition) is 2. The molecule has 0 aliphatic heterocycles. The van der Waals surface area contributed by atoms with Crippen molar-refractivity contribution in [2.24, 2.45) is 0 Å². The zero-order chi connectivity index (χ0) is 9.84. The van der Waals surface area contributed by atoms with Crippen LogP contribution in [0.3, 0.4) is 0 Å². The molecule has 1 aromatic heterocycles. The van der Waals surface area contributed by atoms with Crippen LogP contribution in [-0.2, 0) is 6.54 Å². The maximum Gasteiger partial charge on any atom is 0.354 e. The third-order valence-corrected chi connectivity index (χ3v) is 1.82. The van der Waals surface area contributed by atoms with Crippen LogP contribution < -0.4 is 5.69 Å². The fourth-order valence-electron chi connectivity index (χ4n) is 1.11. The quantitative estimate of drug-likeness (QED) is 0.722. The van der Waals surface area contributed by atoms with Crippen LogP contribution in [0.5, 0.6) is 0 Å². The van der Waals surface area contributed by atoms with Crippen molar-refractivity contribution in [2.45, 2.75) is 26.3 Å². The van der Waals surface area contributed by atoms with Gasteiger partial charge in [0.15, 0.2) is 0 Å². The predicted octanol–water partition coefficient (Wildman–Crippen LogP) is 0.675. The van der Waals surface area contributed by atoms with E-state index in [1.807, 2.05) is 6.92 Å². The molecule has 1 rings (SSSR count). The minimum absolute atomic E-state index is 0.0263. The molecule has 1 aromatic rings. The minimum Gasteiger partial charge on any atom is -0.477 e. The van der Waals surface area contributed by atoms with E-state index < -0.39 is 5.97 Å². The van der Waals surface area contributed by atoms with E-state index in [0.29, 0.717) is 6.54 Å². The minimum atomic E-state index is -1.07. The summed E-state index contributed by atoms with van der Waals surface area (Å²) in [5, 5.41) is 8.70. The van der Waals surface area contributed by atoms with Crippen LogP contribution in [0.1, 0.15) is 30.3 Å². The molecule has 0 aliphatic carbocycles. The van der Waals surface area contributed by atoms with Crippen LogP contribution in [0.25, 0.3) is 0 Å². The maximum absolute atomic E-state index is 11.1. The number of nitrogens with one attached hydrogen (secondary N) is 1. The summed E-state index contributed by atoms with van der Waals surface area (Å²) < 4.78 is 1.24. The number of nitrogens with zero attached hydrogens (tertiary/aromatic N) is 1. The summed E-state index contributed by atoms with van der Waals surface area (Å²) in [7, 11) is 0. The molecule has 0 bridgehead atoms. The summed E-state index contributed by atoms with van der Waals surface area (Å²) in [6, 6.07) is 0. The van der Waals surface area contributed by atoms with Gasteiger partial charge in [0.05, 0.1) is 0 Å². The Hall–Kier alpha value is -1.52. The number of unbranched alkanes of at least 4 members (excludes halogenated alkanes) is 1. The summed E-state index contributed by atoms with van der Waals surface area (Å²) in [6.07, 6.45) is 2.95. The van der Waals surface area contributed by atoms with Crippen LogP contribution in [0, 0.1) is 0 Å². The van der Waals surface area contributed by atoms with Crippen LogP contribution >= 0.6 is 0 Å². The van der Waals surface area contributed by atoms with Crippen LogP contribution in [0.15, 0.2) is 11.0 Å². The van der Waals surface area contributed by atoms with E-state index in [1.54, 1.807) is 0 Å². The summed E-state index contributed by atoms with van der Waals surface area (Å²) in [5.41, 5.74) is -0.329. The van der Waals surface area contributed by atoms with Gasteiger partial charge in [-0.2, -0.15) is 0 Å². The SMILES string of the molecule is CCCCn1c(C(=O)O)c[nH]c1=O. The smallest absolute Gasteiger partial charge is 0.354 e. The van der Waals surface area contributed by atoms with Gasteiger partial charge in [0.1, 0.15) is 5.69 Å². The first kappa shape index (κ1) is 9.57. The van der Waals surface area contributed by atoms with Gasteiger partial charge in [-0.25, -0.2) is 9.59 Å². The van der Waals surface area contributed by atoms with E-state index in [0.717, 1.165) is 12.8 Å². The Morgan fingerprint density at radius 1 is 1.69 bits per heavy atom. The highest BCUT2D eigenvalue weighted by Crippen LogP contribution is 1.98. The molecular weight excluding hydrogens is 172 g/mol. The lowest BCUT2D eigenvalue weighted by Crippen LogP contribution is -2.20. The van der Waals surface area contributed by atoms with E-state index in [-0.39, 0.29) is 11.4 Å². The van der Waals surface area contributed by atoms with Gasteiger partial charge in [0, 0.05) is 12.7 Å². The highest BCUT2D eigenvalue weighted by atomic mass is 16.4. The Morgan fingerprint density at radius 3 is 2.92 bits per heavy atom. The second-order valence-electron chi connectivity index (χ2n) is 2.79. The van der Waals surface area contributed by atoms with Gasteiger partial charge in [-0.05, 0) is 6.42 Å². The van der Waals surface area contributed by atoms with Crippen molar-refractivity contribution in [3.8, 4) is 0 Å². The van der Waals surface area contributed by atoms with Crippen LogP contribution in [0.2, 0.25) is 0 Å². The van der Waals surface area contributed by atoms with Gasteiger partial charge in [-0.15, -0.1) is 0 Å². The molecule has 0 unspecified atom stereocenters. The zero-order valence-corrected chi connectivity index (χ0v) is 7.41.